The Balaban J connectivity index is 1.61. The number of benzene rings is 5. The Bertz CT molecular complexity index is 1590. The molecule has 1 nitrogen and oxygen atoms in total. The summed E-state index contributed by atoms with van der Waals surface area (Å²) in [6.45, 7) is 13.6. The SMILES string of the molecule is CC(C)(C)c1cc(Br)cc(N(c2ccc(-c3ccccc3)cc2)c2ccc(-c3ccccc3C(C)(C)C)cc2)c1. The maximum Gasteiger partial charge on any atom is 0.0475 e. The van der Waals surface area contributed by atoms with Gasteiger partial charge in [-0.2, -0.15) is 0 Å². The van der Waals surface area contributed by atoms with Gasteiger partial charge in [-0.05, 0) is 86.7 Å². The zero-order valence-corrected chi connectivity index (χ0v) is 26.0. The molecule has 0 aromatic heterocycles. The van der Waals surface area contributed by atoms with E-state index in [1.54, 1.807) is 0 Å². The Labute approximate surface area is 248 Å². The lowest BCUT2D eigenvalue weighted by Crippen LogP contribution is -2.15. The van der Waals surface area contributed by atoms with E-state index in [2.05, 4.69) is 184 Å². The summed E-state index contributed by atoms with van der Waals surface area (Å²) in [5.41, 5.74) is 11.1. The van der Waals surface area contributed by atoms with E-state index in [1.807, 2.05) is 0 Å². The minimum atomic E-state index is 0.0297. The van der Waals surface area contributed by atoms with Crippen molar-refractivity contribution in [1.82, 2.24) is 0 Å². The lowest BCUT2D eigenvalue weighted by molar-refractivity contribution is 0.590. The number of hydrogen-bond acceptors (Lipinski definition) is 1. The van der Waals surface area contributed by atoms with Crippen molar-refractivity contribution in [1.29, 1.82) is 0 Å². The van der Waals surface area contributed by atoms with Crippen LogP contribution in [0.15, 0.2) is 126 Å². The number of nitrogens with zero attached hydrogens (tertiary/aromatic N) is 1. The van der Waals surface area contributed by atoms with Gasteiger partial charge in [-0.3, -0.25) is 0 Å². The molecule has 2 heteroatoms. The maximum absolute atomic E-state index is 3.80. The van der Waals surface area contributed by atoms with Crippen molar-refractivity contribution in [3.63, 3.8) is 0 Å². The molecule has 0 spiro atoms. The van der Waals surface area contributed by atoms with Crippen LogP contribution >= 0.6 is 15.9 Å². The summed E-state index contributed by atoms with van der Waals surface area (Å²) < 4.78 is 1.08. The summed E-state index contributed by atoms with van der Waals surface area (Å²) in [6.07, 6.45) is 0. The topological polar surface area (TPSA) is 3.24 Å². The van der Waals surface area contributed by atoms with Crippen molar-refractivity contribution in [2.75, 3.05) is 4.90 Å². The highest BCUT2D eigenvalue weighted by Gasteiger charge is 2.21. The molecule has 0 bridgehead atoms. The van der Waals surface area contributed by atoms with E-state index in [4.69, 9.17) is 0 Å². The molecule has 0 N–H and O–H groups in total. The first kappa shape index (κ1) is 27.9. The van der Waals surface area contributed by atoms with E-state index >= 15 is 0 Å². The first-order valence-corrected chi connectivity index (χ1v) is 14.8. The summed E-state index contributed by atoms with van der Waals surface area (Å²) in [6, 6.07) is 44.0. The van der Waals surface area contributed by atoms with E-state index in [0.29, 0.717) is 0 Å². The molecule has 0 heterocycles. The molecule has 0 aliphatic rings. The molecule has 0 radical (unpaired) electrons. The fourth-order valence-electron chi connectivity index (χ4n) is 5.20. The minimum absolute atomic E-state index is 0.0297. The molecule has 0 saturated carbocycles. The van der Waals surface area contributed by atoms with Crippen molar-refractivity contribution in [3.05, 3.63) is 137 Å². The highest BCUT2D eigenvalue weighted by Crippen LogP contribution is 2.41. The molecule has 40 heavy (non-hydrogen) atoms. The van der Waals surface area contributed by atoms with Crippen LogP contribution in [0.25, 0.3) is 22.3 Å². The van der Waals surface area contributed by atoms with Crippen LogP contribution in [0.3, 0.4) is 0 Å². The monoisotopic (exact) mass is 587 g/mol. The van der Waals surface area contributed by atoms with E-state index in [9.17, 15) is 0 Å². The third-order valence-electron chi connectivity index (χ3n) is 7.41. The lowest BCUT2D eigenvalue weighted by Gasteiger charge is -2.29. The molecule has 5 aromatic rings. The van der Waals surface area contributed by atoms with E-state index in [0.717, 1.165) is 21.5 Å². The Morgan fingerprint density at radius 2 is 1.00 bits per heavy atom. The molecular weight excluding hydrogens is 550 g/mol. The van der Waals surface area contributed by atoms with E-state index < -0.39 is 0 Å². The summed E-state index contributed by atoms with van der Waals surface area (Å²) >= 11 is 3.80. The zero-order valence-electron chi connectivity index (χ0n) is 24.4. The Morgan fingerprint density at radius 3 is 1.57 bits per heavy atom. The quantitative estimate of drug-likeness (QED) is 0.197. The summed E-state index contributed by atoms with van der Waals surface area (Å²) in [4.78, 5) is 2.36. The Hall–Kier alpha value is -3.62. The third-order valence-corrected chi connectivity index (χ3v) is 7.87. The Morgan fingerprint density at radius 1 is 0.475 bits per heavy atom. The molecule has 0 amide bonds. The molecular formula is C38H38BrN. The van der Waals surface area contributed by atoms with E-state index in [1.165, 1.54) is 33.4 Å². The first-order valence-electron chi connectivity index (χ1n) is 14.0. The predicted molar refractivity (Wildman–Crippen MR) is 177 cm³/mol. The average molecular weight is 589 g/mol. The molecule has 0 atom stereocenters. The largest absolute Gasteiger partial charge is 0.310 e. The maximum atomic E-state index is 3.80. The second-order valence-electron chi connectivity index (χ2n) is 12.5. The normalized spacial score (nSPS) is 11.9. The number of anilines is 3. The van der Waals surface area contributed by atoms with Gasteiger partial charge >= 0.3 is 0 Å². The van der Waals surface area contributed by atoms with Gasteiger partial charge in [0.15, 0.2) is 0 Å². The van der Waals surface area contributed by atoms with Gasteiger partial charge in [-0.15, -0.1) is 0 Å². The molecule has 5 rings (SSSR count). The smallest absolute Gasteiger partial charge is 0.0475 e. The number of hydrogen-bond donors (Lipinski definition) is 0. The van der Waals surface area contributed by atoms with Crippen molar-refractivity contribution in [2.24, 2.45) is 0 Å². The van der Waals surface area contributed by atoms with Gasteiger partial charge in [-0.25, -0.2) is 0 Å². The van der Waals surface area contributed by atoms with Crippen LogP contribution in [-0.2, 0) is 10.8 Å². The molecule has 0 fully saturated rings. The van der Waals surface area contributed by atoms with Crippen molar-refractivity contribution in [2.45, 2.75) is 52.4 Å². The molecule has 0 aliphatic carbocycles. The van der Waals surface area contributed by atoms with Crippen LogP contribution < -0.4 is 4.90 Å². The fraction of sp³-hybridized carbons (Fsp3) is 0.211. The lowest BCUT2D eigenvalue weighted by atomic mass is 9.82. The van der Waals surface area contributed by atoms with Crippen LogP contribution in [0.5, 0.6) is 0 Å². The van der Waals surface area contributed by atoms with Gasteiger partial charge in [0.1, 0.15) is 0 Å². The van der Waals surface area contributed by atoms with E-state index in [-0.39, 0.29) is 10.8 Å². The molecule has 0 saturated heterocycles. The average Bonchev–Trinajstić information content (AvgIpc) is 2.93. The van der Waals surface area contributed by atoms with Crippen LogP contribution in [0.1, 0.15) is 52.7 Å². The van der Waals surface area contributed by atoms with Gasteiger partial charge in [0.2, 0.25) is 0 Å². The minimum Gasteiger partial charge on any atom is -0.310 e. The van der Waals surface area contributed by atoms with Crippen LogP contribution in [0.2, 0.25) is 0 Å². The number of rotatable bonds is 5. The van der Waals surface area contributed by atoms with Gasteiger partial charge in [0, 0.05) is 21.5 Å². The summed E-state index contributed by atoms with van der Waals surface area (Å²) in [5, 5.41) is 0. The van der Waals surface area contributed by atoms with Gasteiger partial charge in [-0.1, -0.05) is 136 Å². The molecule has 202 valence electrons. The fourth-order valence-corrected chi connectivity index (χ4v) is 5.68. The standard InChI is InChI=1S/C38H38BrN/c1-37(2,3)30-24-31(39)26-34(25-30)40(32-20-16-28(17-21-32)27-12-8-7-9-13-27)33-22-18-29(19-23-33)35-14-10-11-15-36(35)38(4,5)6/h7-26H,1-6H3. The Kier molecular flexibility index (Phi) is 7.75. The molecule has 0 aliphatic heterocycles. The third kappa shape index (κ3) is 6.08. The van der Waals surface area contributed by atoms with Gasteiger partial charge < -0.3 is 4.90 Å². The summed E-state index contributed by atoms with van der Waals surface area (Å²) in [7, 11) is 0. The van der Waals surface area contributed by atoms with Crippen molar-refractivity contribution < 1.29 is 0 Å². The second-order valence-corrected chi connectivity index (χ2v) is 13.5. The predicted octanol–water partition coefficient (Wildman–Crippen LogP) is 11.8. The van der Waals surface area contributed by atoms with Crippen molar-refractivity contribution >= 4 is 33.0 Å². The number of halogens is 1. The molecule has 0 unspecified atom stereocenters. The zero-order chi connectivity index (χ0) is 28.5. The van der Waals surface area contributed by atoms with Crippen LogP contribution in [0.4, 0.5) is 17.1 Å². The van der Waals surface area contributed by atoms with Gasteiger partial charge in [0.25, 0.3) is 0 Å². The van der Waals surface area contributed by atoms with Crippen molar-refractivity contribution in [3.8, 4) is 22.3 Å². The second kappa shape index (κ2) is 11.1. The first-order chi connectivity index (χ1) is 19.0. The summed E-state index contributed by atoms with van der Waals surface area (Å²) in [5.74, 6) is 0. The highest BCUT2D eigenvalue weighted by molar-refractivity contribution is 9.10. The van der Waals surface area contributed by atoms with Crippen LogP contribution in [-0.4, -0.2) is 0 Å². The van der Waals surface area contributed by atoms with Gasteiger partial charge in [0.05, 0.1) is 0 Å². The molecule has 5 aromatic carbocycles. The highest BCUT2D eigenvalue weighted by atomic mass is 79.9. The van der Waals surface area contributed by atoms with Crippen LogP contribution in [0, 0.1) is 0 Å².